The number of nitrogens with zero attached hydrogens (tertiary/aromatic N) is 5. The largest absolute Gasteiger partial charge is 0.362 e. The van der Waals surface area contributed by atoms with Crippen molar-refractivity contribution in [3.63, 3.8) is 0 Å². The molecule has 1 saturated heterocycles. The fraction of sp³-hybridized carbons (Fsp3) is 0.500. The molecule has 3 rings (SSSR count). The number of carbonyl (C=O) groups excluding carboxylic acids is 1. The molecule has 1 N–H and O–H groups in total. The van der Waals surface area contributed by atoms with Gasteiger partial charge in [0.25, 0.3) is 5.69 Å². The van der Waals surface area contributed by atoms with Gasteiger partial charge >= 0.3 is 0 Å². The van der Waals surface area contributed by atoms with Gasteiger partial charge in [-0.1, -0.05) is 49.1 Å². The van der Waals surface area contributed by atoms with Gasteiger partial charge in [-0.2, -0.15) is 0 Å². The van der Waals surface area contributed by atoms with Crippen molar-refractivity contribution in [2.24, 2.45) is 5.92 Å². The number of para-hydroxylation sites is 2. The number of amides is 1. The second kappa shape index (κ2) is 9.88. The molecule has 0 bridgehead atoms. The van der Waals surface area contributed by atoms with Crippen LogP contribution in [0.2, 0.25) is 0 Å². The molecule has 1 aromatic carbocycles. The van der Waals surface area contributed by atoms with E-state index in [-0.39, 0.29) is 16.5 Å². The van der Waals surface area contributed by atoms with Crippen LogP contribution < -0.4 is 10.2 Å². The summed E-state index contributed by atoms with van der Waals surface area (Å²) in [4.78, 5) is 27.2. The minimum Gasteiger partial charge on any atom is -0.362 e. The van der Waals surface area contributed by atoms with Crippen molar-refractivity contribution >= 4 is 45.5 Å². The Balaban J connectivity index is 1.48. The lowest BCUT2D eigenvalue weighted by molar-refractivity contribution is -0.384. The van der Waals surface area contributed by atoms with Crippen molar-refractivity contribution in [3.05, 3.63) is 34.4 Å². The highest BCUT2D eigenvalue weighted by Crippen LogP contribution is 2.29. The summed E-state index contributed by atoms with van der Waals surface area (Å²) in [6.07, 6.45) is 0. The summed E-state index contributed by atoms with van der Waals surface area (Å²) in [6, 6.07) is 6.72. The molecule has 0 radical (unpaired) electrons. The molecule has 2 aromatic rings. The Morgan fingerprint density at radius 2 is 2.00 bits per heavy atom. The standard InChI is InChI=1S/C18H24N6O3S2/c1-13(2)11-19-17-20-21-18(29-17)28-12-16(25)23-9-7-22(8-10-23)14-5-3-4-6-15(14)24(26)27/h3-6,13H,7-12H2,1-2H3,(H,19,20). The number of benzene rings is 1. The van der Waals surface area contributed by atoms with Crippen LogP contribution in [0.25, 0.3) is 0 Å². The zero-order valence-corrected chi connectivity index (χ0v) is 18.0. The van der Waals surface area contributed by atoms with Gasteiger partial charge < -0.3 is 15.1 Å². The van der Waals surface area contributed by atoms with E-state index in [4.69, 9.17) is 0 Å². The monoisotopic (exact) mass is 436 g/mol. The maximum atomic E-state index is 12.5. The Labute approximate surface area is 177 Å². The molecule has 0 saturated carbocycles. The first kappa shape index (κ1) is 21.3. The number of nitro groups is 1. The highest BCUT2D eigenvalue weighted by atomic mass is 32.2. The van der Waals surface area contributed by atoms with Crippen molar-refractivity contribution in [1.29, 1.82) is 0 Å². The fourth-order valence-electron chi connectivity index (χ4n) is 2.93. The van der Waals surface area contributed by atoms with E-state index >= 15 is 0 Å². The van der Waals surface area contributed by atoms with Crippen LogP contribution in [0.5, 0.6) is 0 Å². The van der Waals surface area contributed by atoms with E-state index in [0.717, 1.165) is 16.0 Å². The first-order valence-corrected chi connectivity index (χ1v) is 11.2. The number of hydrogen-bond donors (Lipinski definition) is 1. The molecule has 29 heavy (non-hydrogen) atoms. The SMILES string of the molecule is CC(C)CNc1nnc(SCC(=O)N2CCN(c3ccccc3[N+](=O)[O-])CC2)s1. The number of nitrogens with one attached hydrogen (secondary N) is 1. The van der Waals surface area contributed by atoms with Crippen LogP contribution in [0.3, 0.4) is 0 Å². The minimum absolute atomic E-state index is 0.0455. The second-order valence-corrected chi connectivity index (χ2v) is 9.25. The maximum absolute atomic E-state index is 12.5. The molecule has 1 aliphatic rings. The number of anilines is 2. The molecule has 156 valence electrons. The van der Waals surface area contributed by atoms with Crippen LogP contribution in [0.1, 0.15) is 13.8 Å². The topological polar surface area (TPSA) is 104 Å². The lowest BCUT2D eigenvalue weighted by atomic mass is 10.2. The molecule has 0 aliphatic carbocycles. The molecular formula is C18H24N6O3S2. The molecule has 1 fully saturated rings. The van der Waals surface area contributed by atoms with E-state index < -0.39 is 0 Å². The molecule has 0 atom stereocenters. The van der Waals surface area contributed by atoms with E-state index in [0.29, 0.717) is 43.5 Å². The average Bonchev–Trinajstić information content (AvgIpc) is 3.18. The molecule has 1 aliphatic heterocycles. The van der Waals surface area contributed by atoms with Gasteiger partial charge in [0.1, 0.15) is 5.69 Å². The van der Waals surface area contributed by atoms with Crippen molar-refractivity contribution in [1.82, 2.24) is 15.1 Å². The summed E-state index contributed by atoms with van der Waals surface area (Å²) in [6.45, 7) is 7.32. The summed E-state index contributed by atoms with van der Waals surface area (Å²) in [7, 11) is 0. The highest BCUT2D eigenvalue weighted by molar-refractivity contribution is 8.01. The van der Waals surface area contributed by atoms with Crippen LogP contribution in [0.4, 0.5) is 16.5 Å². The average molecular weight is 437 g/mol. The Bertz CT molecular complexity index is 852. The normalized spacial score (nSPS) is 14.3. The molecule has 11 heteroatoms. The lowest BCUT2D eigenvalue weighted by Gasteiger charge is -2.35. The van der Waals surface area contributed by atoms with Gasteiger partial charge in [-0.25, -0.2) is 0 Å². The number of carbonyl (C=O) groups is 1. The van der Waals surface area contributed by atoms with Crippen molar-refractivity contribution in [2.45, 2.75) is 18.2 Å². The predicted octanol–water partition coefficient (Wildman–Crippen LogP) is 2.96. The smallest absolute Gasteiger partial charge is 0.292 e. The van der Waals surface area contributed by atoms with E-state index in [9.17, 15) is 14.9 Å². The predicted molar refractivity (Wildman–Crippen MR) is 116 cm³/mol. The van der Waals surface area contributed by atoms with Crippen molar-refractivity contribution in [2.75, 3.05) is 48.7 Å². The van der Waals surface area contributed by atoms with Gasteiger partial charge in [0, 0.05) is 38.8 Å². The number of nitro benzene ring substituents is 1. The Morgan fingerprint density at radius 1 is 1.28 bits per heavy atom. The maximum Gasteiger partial charge on any atom is 0.292 e. The first-order chi connectivity index (χ1) is 13.9. The van der Waals surface area contributed by atoms with Crippen LogP contribution in [-0.2, 0) is 4.79 Å². The molecule has 1 aromatic heterocycles. The second-order valence-electron chi connectivity index (χ2n) is 7.05. The van der Waals surface area contributed by atoms with E-state index in [2.05, 4.69) is 29.4 Å². The van der Waals surface area contributed by atoms with E-state index in [1.807, 2.05) is 4.90 Å². The van der Waals surface area contributed by atoms with Gasteiger partial charge in [-0.3, -0.25) is 14.9 Å². The minimum atomic E-state index is -0.365. The molecule has 2 heterocycles. The Hall–Kier alpha value is -2.40. The first-order valence-electron chi connectivity index (χ1n) is 9.40. The zero-order chi connectivity index (χ0) is 20.8. The summed E-state index contributed by atoms with van der Waals surface area (Å²) >= 11 is 2.84. The molecule has 1 amide bonds. The summed E-state index contributed by atoms with van der Waals surface area (Å²) in [5.74, 6) is 0.876. The third-order valence-electron chi connectivity index (χ3n) is 4.44. The quantitative estimate of drug-likeness (QED) is 0.383. The molecule has 9 nitrogen and oxygen atoms in total. The van der Waals surface area contributed by atoms with E-state index in [1.165, 1.54) is 29.2 Å². The molecule has 0 spiro atoms. The van der Waals surface area contributed by atoms with Gasteiger partial charge in [-0.15, -0.1) is 10.2 Å². The van der Waals surface area contributed by atoms with Crippen LogP contribution in [0.15, 0.2) is 28.6 Å². The number of aromatic nitrogens is 2. The Kier molecular flexibility index (Phi) is 7.26. The molecule has 0 unspecified atom stereocenters. The van der Waals surface area contributed by atoms with Crippen LogP contribution in [0, 0.1) is 16.0 Å². The lowest BCUT2D eigenvalue weighted by Crippen LogP contribution is -2.49. The van der Waals surface area contributed by atoms with Crippen LogP contribution in [-0.4, -0.2) is 64.4 Å². The highest BCUT2D eigenvalue weighted by Gasteiger charge is 2.25. The summed E-state index contributed by atoms with van der Waals surface area (Å²) in [5.41, 5.74) is 0.704. The number of piperazine rings is 1. The van der Waals surface area contributed by atoms with Gasteiger partial charge in [-0.05, 0) is 12.0 Å². The Morgan fingerprint density at radius 3 is 2.69 bits per heavy atom. The zero-order valence-electron chi connectivity index (χ0n) is 16.4. The molecular weight excluding hydrogens is 412 g/mol. The van der Waals surface area contributed by atoms with Crippen molar-refractivity contribution in [3.8, 4) is 0 Å². The number of hydrogen-bond acceptors (Lipinski definition) is 9. The van der Waals surface area contributed by atoms with Crippen LogP contribution >= 0.6 is 23.1 Å². The third-order valence-corrected chi connectivity index (χ3v) is 6.44. The fourth-order valence-corrected chi connectivity index (χ4v) is 4.59. The number of thioether (sulfide) groups is 1. The van der Waals surface area contributed by atoms with Gasteiger partial charge in [0.05, 0.1) is 10.7 Å². The van der Waals surface area contributed by atoms with Crippen molar-refractivity contribution < 1.29 is 9.72 Å². The number of rotatable bonds is 8. The van der Waals surface area contributed by atoms with Gasteiger partial charge in [0.15, 0.2) is 4.34 Å². The summed E-state index contributed by atoms with van der Waals surface area (Å²) in [5, 5.41) is 23.4. The van der Waals surface area contributed by atoms with E-state index in [1.54, 1.807) is 23.1 Å². The summed E-state index contributed by atoms with van der Waals surface area (Å²) < 4.78 is 0.767. The third kappa shape index (κ3) is 5.80. The van der Waals surface area contributed by atoms with Gasteiger partial charge in [0.2, 0.25) is 11.0 Å².